The van der Waals surface area contributed by atoms with Gasteiger partial charge in [-0.3, -0.25) is 4.79 Å². The van der Waals surface area contributed by atoms with E-state index in [1.165, 1.54) is 12.8 Å². The normalized spacial score (nSPS) is 30.3. The fourth-order valence-electron chi connectivity index (χ4n) is 3.81. The van der Waals surface area contributed by atoms with Gasteiger partial charge in [0.2, 0.25) is 5.91 Å². The second-order valence-corrected chi connectivity index (χ2v) is 7.23. The highest BCUT2D eigenvalue weighted by Crippen LogP contribution is 2.53. The molecular formula is C16H31Cl2N3O2. The van der Waals surface area contributed by atoms with Crippen LogP contribution in [0.1, 0.15) is 39.0 Å². The molecule has 0 aromatic rings. The number of β-amino-alcohol motifs (C(OH)–C–C–N with tert-alkyl or cyclic N) is 1. The van der Waals surface area contributed by atoms with Gasteiger partial charge >= 0.3 is 0 Å². The predicted octanol–water partition coefficient (Wildman–Crippen LogP) is 1.28. The smallest absolute Gasteiger partial charge is 0.223 e. The highest BCUT2D eigenvalue weighted by molar-refractivity contribution is 5.85. The summed E-state index contributed by atoms with van der Waals surface area (Å²) in [6, 6.07) is 0.392. The molecule has 136 valence electrons. The Morgan fingerprint density at radius 2 is 1.96 bits per heavy atom. The third-order valence-corrected chi connectivity index (χ3v) is 5.54. The highest BCUT2D eigenvalue weighted by atomic mass is 35.5. The first kappa shape index (κ1) is 21.0. The fraction of sp³-hybridized carbons (Fsp3) is 0.938. The second kappa shape index (κ2) is 8.86. The molecule has 7 heteroatoms. The maximum Gasteiger partial charge on any atom is 0.223 e. The van der Waals surface area contributed by atoms with Gasteiger partial charge in [0.05, 0.1) is 6.10 Å². The van der Waals surface area contributed by atoms with Crippen LogP contribution in [0.15, 0.2) is 0 Å². The van der Waals surface area contributed by atoms with Crippen LogP contribution >= 0.6 is 24.8 Å². The molecule has 2 heterocycles. The van der Waals surface area contributed by atoms with E-state index in [0.717, 1.165) is 52.1 Å². The molecule has 1 spiro atoms. The Bertz CT molecular complexity index is 394. The molecule has 0 aromatic heterocycles. The van der Waals surface area contributed by atoms with Crippen LogP contribution in [0.3, 0.4) is 0 Å². The third kappa shape index (κ3) is 5.20. The van der Waals surface area contributed by atoms with E-state index in [-0.39, 0.29) is 36.8 Å². The Hall–Kier alpha value is -0.0700. The van der Waals surface area contributed by atoms with Gasteiger partial charge in [0, 0.05) is 38.6 Å². The Kier molecular flexibility index (Phi) is 8.08. The van der Waals surface area contributed by atoms with Crippen molar-refractivity contribution < 1.29 is 9.90 Å². The molecule has 3 aliphatic rings. The zero-order valence-electron chi connectivity index (χ0n) is 14.0. The molecule has 3 fully saturated rings. The van der Waals surface area contributed by atoms with Crippen molar-refractivity contribution in [3.05, 3.63) is 0 Å². The van der Waals surface area contributed by atoms with Crippen LogP contribution in [-0.2, 0) is 4.79 Å². The van der Waals surface area contributed by atoms with Gasteiger partial charge in [0.15, 0.2) is 0 Å². The standard InChI is InChI=1S/C16H29N3O2.2ClH/c1-13-11-19(15(21)3-7-17-13)9-2-8-18-10-6-16(4-5-16)14(20)12-18;;/h13-14,17,20H,2-12H2,1H3;2*1H. The van der Waals surface area contributed by atoms with E-state index in [4.69, 9.17) is 0 Å². The lowest BCUT2D eigenvalue weighted by Crippen LogP contribution is -2.46. The summed E-state index contributed by atoms with van der Waals surface area (Å²) in [7, 11) is 0. The Balaban J connectivity index is 0.00000132. The van der Waals surface area contributed by atoms with E-state index in [1.807, 2.05) is 4.90 Å². The SMILES string of the molecule is CC1CN(CCCN2CCC3(CC3)C(O)C2)C(=O)CCN1.Cl.Cl. The number of likely N-dealkylation sites (tertiary alicyclic amines) is 1. The summed E-state index contributed by atoms with van der Waals surface area (Å²) in [5.41, 5.74) is 0.290. The summed E-state index contributed by atoms with van der Waals surface area (Å²) >= 11 is 0. The molecule has 1 aliphatic carbocycles. The number of aliphatic hydroxyl groups excluding tert-OH is 1. The maximum atomic E-state index is 12.0. The molecule has 2 saturated heterocycles. The first-order chi connectivity index (χ1) is 10.1. The van der Waals surface area contributed by atoms with Gasteiger partial charge in [0.25, 0.3) is 0 Å². The van der Waals surface area contributed by atoms with E-state index < -0.39 is 0 Å². The van der Waals surface area contributed by atoms with E-state index in [0.29, 0.717) is 17.9 Å². The minimum Gasteiger partial charge on any atom is -0.391 e. The van der Waals surface area contributed by atoms with Crippen LogP contribution in [0.2, 0.25) is 0 Å². The second-order valence-electron chi connectivity index (χ2n) is 7.23. The average Bonchev–Trinajstić information content (AvgIpc) is 3.23. The predicted molar refractivity (Wildman–Crippen MR) is 96.5 cm³/mol. The highest BCUT2D eigenvalue weighted by Gasteiger charge is 2.50. The number of rotatable bonds is 4. The summed E-state index contributed by atoms with van der Waals surface area (Å²) in [6.45, 7) is 7.55. The fourth-order valence-corrected chi connectivity index (χ4v) is 3.81. The number of nitrogens with zero attached hydrogens (tertiary/aromatic N) is 2. The Morgan fingerprint density at radius 1 is 1.22 bits per heavy atom. The summed E-state index contributed by atoms with van der Waals surface area (Å²) in [4.78, 5) is 16.4. The van der Waals surface area contributed by atoms with Gasteiger partial charge in [-0.1, -0.05) is 0 Å². The van der Waals surface area contributed by atoms with Gasteiger partial charge < -0.3 is 20.2 Å². The number of aliphatic hydroxyl groups is 1. The van der Waals surface area contributed by atoms with Gasteiger partial charge in [-0.25, -0.2) is 0 Å². The average molecular weight is 368 g/mol. The number of hydrogen-bond donors (Lipinski definition) is 2. The summed E-state index contributed by atoms with van der Waals surface area (Å²) in [5, 5.41) is 13.6. The summed E-state index contributed by atoms with van der Waals surface area (Å²) in [6.07, 6.45) is 5.09. The maximum absolute atomic E-state index is 12.0. The number of carbonyl (C=O) groups is 1. The molecule has 0 radical (unpaired) electrons. The zero-order valence-corrected chi connectivity index (χ0v) is 15.6. The number of hydrogen-bond acceptors (Lipinski definition) is 4. The number of amides is 1. The van der Waals surface area contributed by atoms with Crippen molar-refractivity contribution in [2.75, 3.05) is 39.3 Å². The zero-order chi connectivity index (χ0) is 14.9. The van der Waals surface area contributed by atoms with Crippen molar-refractivity contribution >= 4 is 30.7 Å². The molecule has 3 rings (SSSR count). The molecule has 2 N–H and O–H groups in total. The van der Waals surface area contributed by atoms with Crippen molar-refractivity contribution in [1.82, 2.24) is 15.1 Å². The van der Waals surface area contributed by atoms with E-state index in [2.05, 4.69) is 17.1 Å². The van der Waals surface area contributed by atoms with Crippen LogP contribution in [0.4, 0.5) is 0 Å². The van der Waals surface area contributed by atoms with Crippen LogP contribution in [0.25, 0.3) is 0 Å². The lowest BCUT2D eigenvalue weighted by molar-refractivity contribution is -0.130. The molecule has 2 atom stereocenters. The summed E-state index contributed by atoms with van der Waals surface area (Å²) < 4.78 is 0. The van der Waals surface area contributed by atoms with Crippen LogP contribution in [0, 0.1) is 5.41 Å². The minimum absolute atomic E-state index is 0. The number of piperidine rings is 1. The number of carbonyl (C=O) groups excluding carboxylic acids is 1. The van der Waals surface area contributed by atoms with E-state index in [1.54, 1.807) is 0 Å². The molecule has 0 aromatic carbocycles. The molecule has 1 amide bonds. The molecule has 2 aliphatic heterocycles. The molecule has 2 unspecified atom stereocenters. The topological polar surface area (TPSA) is 55.8 Å². The molecular weight excluding hydrogens is 337 g/mol. The van der Waals surface area contributed by atoms with Crippen molar-refractivity contribution in [2.45, 2.75) is 51.2 Å². The monoisotopic (exact) mass is 367 g/mol. The first-order valence-corrected chi connectivity index (χ1v) is 8.51. The van der Waals surface area contributed by atoms with Crippen molar-refractivity contribution in [2.24, 2.45) is 5.41 Å². The number of halogens is 2. The van der Waals surface area contributed by atoms with Gasteiger partial charge in [0.1, 0.15) is 0 Å². The van der Waals surface area contributed by atoms with Crippen molar-refractivity contribution in [3.8, 4) is 0 Å². The van der Waals surface area contributed by atoms with Gasteiger partial charge in [-0.2, -0.15) is 0 Å². The van der Waals surface area contributed by atoms with E-state index in [9.17, 15) is 9.90 Å². The lowest BCUT2D eigenvalue weighted by Gasteiger charge is -2.36. The Morgan fingerprint density at radius 3 is 2.61 bits per heavy atom. The van der Waals surface area contributed by atoms with Crippen LogP contribution in [-0.4, -0.2) is 72.2 Å². The molecule has 5 nitrogen and oxygen atoms in total. The molecule has 0 bridgehead atoms. The molecule has 23 heavy (non-hydrogen) atoms. The first-order valence-electron chi connectivity index (χ1n) is 8.51. The minimum atomic E-state index is -0.129. The van der Waals surface area contributed by atoms with Crippen molar-refractivity contribution in [3.63, 3.8) is 0 Å². The molecule has 1 saturated carbocycles. The van der Waals surface area contributed by atoms with E-state index >= 15 is 0 Å². The third-order valence-electron chi connectivity index (χ3n) is 5.54. The largest absolute Gasteiger partial charge is 0.391 e. The van der Waals surface area contributed by atoms with Gasteiger partial charge in [-0.15, -0.1) is 24.8 Å². The Labute approximate surface area is 152 Å². The van der Waals surface area contributed by atoms with Crippen molar-refractivity contribution in [1.29, 1.82) is 0 Å². The summed E-state index contributed by atoms with van der Waals surface area (Å²) in [5.74, 6) is 0.280. The van der Waals surface area contributed by atoms with Crippen LogP contribution < -0.4 is 5.32 Å². The lowest BCUT2D eigenvalue weighted by atomic mass is 9.90. The van der Waals surface area contributed by atoms with Crippen LogP contribution in [0.5, 0.6) is 0 Å². The quantitative estimate of drug-likeness (QED) is 0.785. The number of nitrogens with one attached hydrogen (secondary N) is 1. The van der Waals surface area contributed by atoms with Gasteiger partial charge in [-0.05, 0) is 51.1 Å².